The topological polar surface area (TPSA) is 72.2 Å². The molecule has 4 nitrogen and oxygen atoms in total. The lowest BCUT2D eigenvalue weighted by Crippen LogP contribution is -2.20. The number of aliphatic hydroxyl groups excluding tert-OH is 1. The van der Waals surface area contributed by atoms with E-state index in [0.29, 0.717) is 6.42 Å². The summed E-state index contributed by atoms with van der Waals surface area (Å²) in [7, 11) is 0. The minimum absolute atomic E-state index is 0.249. The summed E-state index contributed by atoms with van der Waals surface area (Å²) in [5, 5.41) is 27.0. The van der Waals surface area contributed by atoms with Crippen LogP contribution < -0.4 is 0 Å². The molecule has 4 heteroatoms. The molecule has 1 rings (SSSR count). The van der Waals surface area contributed by atoms with Gasteiger partial charge in [-0.3, -0.25) is 0 Å². The quantitative estimate of drug-likeness (QED) is 0.620. The number of diazo groups is 1. The molecule has 0 saturated heterocycles. The Balaban J connectivity index is 2.97. The van der Waals surface area contributed by atoms with Gasteiger partial charge in [-0.25, -0.2) is 0 Å². The van der Waals surface area contributed by atoms with Gasteiger partial charge >= 0.3 is 6.20 Å². The van der Waals surface area contributed by atoms with Gasteiger partial charge in [-0.15, -0.1) is 0 Å². The molecule has 80 valence electrons. The Labute approximate surface area is 94.1 Å². The van der Waals surface area contributed by atoms with Gasteiger partial charge in [-0.2, -0.15) is 5.26 Å². The van der Waals surface area contributed by atoms with Crippen molar-refractivity contribution in [2.75, 3.05) is 0 Å². The predicted octanol–water partition coefficient (Wildman–Crippen LogP) is 3.01. The molecule has 0 amide bonds. The van der Waals surface area contributed by atoms with Crippen molar-refractivity contribution < 1.29 is 5.11 Å². The highest BCUT2D eigenvalue weighted by molar-refractivity contribution is 5.25. The zero-order chi connectivity index (χ0) is 12.0. The maximum atomic E-state index is 9.61. The van der Waals surface area contributed by atoms with Gasteiger partial charge in [0.05, 0.1) is 6.07 Å². The normalized spacial score (nSPS) is 14.6. The number of benzene rings is 1. The van der Waals surface area contributed by atoms with Gasteiger partial charge in [0.2, 0.25) is 11.2 Å². The fraction of sp³-hybridized carbons (Fsp3) is 0.250. The standard InChI is InChI=1S/C12H11N3O/c1-12(9-13,11(16)8-15-14)7-10-5-3-2-4-6-10/h2-6,8H,7H2,1H3/p+1/b11-8+/t12-/m0/s1. The van der Waals surface area contributed by atoms with Gasteiger partial charge in [0.25, 0.3) is 0 Å². The molecule has 0 radical (unpaired) electrons. The summed E-state index contributed by atoms with van der Waals surface area (Å²) in [6.07, 6.45) is 1.24. The molecule has 0 aliphatic heterocycles. The van der Waals surface area contributed by atoms with Crippen LogP contribution >= 0.6 is 0 Å². The van der Waals surface area contributed by atoms with Gasteiger partial charge in [0.15, 0.2) is 4.98 Å². The Morgan fingerprint density at radius 2 is 2.12 bits per heavy atom. The molecule has 1 aromatic rings. The molecule has 1 N–H and O–H groups in total. The maximum Gasteiger partial charge on any atom is 0.389 e. The van der Waals surface area contributed by atoms with Crippen LogP contribution in [0.5, 0.6) is 0 Å². The fourth-order valence-corrected chi connectivity index (χ4v) is 1.39. The second-order valence-corrected chi connectivity index (χ2v) is 3.74. The van der Waals surface area contributed by atoms with Crippen molar-refractivity contribution in [3.63, 3.8) is 0 Å². The molecule has 0 unspecified atom stereocenters. The smallest absolute Gasteiger partial charge is 0.389 e. The number of nitriles is 1. The summed E-state index contributed by atoms with van der Waals surface area (Å²) in [6.45, 7) is 1.59. The number of allylic oxidation sites excluding steroid dienone is 1. The Morgan fingerprint density at radius 1 is 1.50 bits per heavy atom. The minimum Gasteiger partial charge on any atom is -0.504 e. The van der Waals surface area contributed by atoms with E-state index in [0.717, 1.165) is 11.8 Å². The van der Waals surface area contributed by atoms with Crippen LogP contribution in [0.15, 0.2) is 42.3 Å². The van der Waals surface area contributed by atoms with Gasteiger partial charge < -0.3 is 5.11 Å². The molecule has 1 atom stereocenters. The summed E-state index contributed by atoms with van der Waals surface area (Å²) in [5.74, 6) is -0.249. The van der Waals surface area contributed by atoms with E-state index in [-0.39, 0.29) is 5.76 Å². The lowest BCUT2D eigenvalue weighted by Gasteiger charge is -2.17. The van der Waals surface area contributed by atoms with Crippen LogP contribution in [0.4, 0.5) is 0 Å². The Kier molecular flexibility index (Phi) is 3.63. The Morgan fingerprint density at radius 3 is 2.62 bits per heavy atom. The molecule has 0 fully saturated rings. The first kappa shape index (κ1) is 11.7. The highest BCUT2D eigenvalue weighted by Crippen LogP contribution is 2.28. The summed E-state index contributed by atoms with van der Waals surface area (Å²) in [5.41, 5.74) is -0.141. The summed E-state index contributed by atoms with van der Waals surface area (Å²) < 4.78 is 0. The SMILES string of the molecule is C[C@@](C#N)(Cc1ccccc1)/C(O)=C\[N+]#N. The third-order valence-corrected chi connectivity index (χ3v) is 2.39. The first-order valence-corrected chi connectivity index (χ1v) is 4.81. The van der Waals surface area contributed by atoms with Crippen LogP contribution in [0.3, 0.4) is 0 Å². The number of nitrogens with zero attached hydrogens (tertiary/aromatic N) is 3. The van der Waals surface area contributed by atoms with Gasteiger partial charge in [0.1, 0.15) is 5.41 Å². The van der Waals surface area contributed by atoms with E-state index in [1.54, 1.807) is 6.92 Å². The summed E-state index contributed by atoms with van der Waals surface area (Å²) in [4.78, 5) is 2.73. The highest BCUT2D eigenvalue weighted by atomic mass is 16.3. The zero-order valence-electron chi connectivity index (χ0n) is 8.96. The highest BCUT2D eigenvalue weighted by Gasteiger charge is 2.32. The van der Waals surface area contributed by atoms with E-state index in [2.05, 4.69) is 4.98 Å². The largest absolute Gasteiger partial charge is 0.504 e. The molecule has 16 heavy (non-hydrogen) atoms. The lowest BCUT2D eigenvalue weighted by atomic mass is 9.83. The van der Waals surface area contributed by atoms with Crippen molar-refractivity contribution in [2.45, 2.75) is 13.3 Å². The van der Waals surface area contributed by atoms with Crippen molar-refractivity contribution in [3.8, 4) is 6.07 Å². The van der Waals surface area contributed by atoms with Crippen LogP contribution in [0.25, 0.3) is 4.98 Å². The van der Waals surface area contributed by atoms with Crippen molar-refractivity contribution in [3.05, 3.63) is 52.8 Å². The monoisotopic (exact) mass is 214 g/mol. The van der Waals surface area contributed by atoms with E-state index in [4.69, 9.17) is 10.7 Å². The molecule has 0 aliphatic rings. The van der Waals surface area contributed by atoms with Crippen molar-refractivity contribution in [1.82, 2.24) is 0 Å². The third kappa shape index (κ3) is 2.59. The van der Waals surface area contributed by atoms with E-state index < -0.39 is 5.41 Å². The summed E-state index contributed by atoms with van der Waals surface area (Å²) in [6, 6.07) is 11.4. The van der Waals surface area contributed by atoms with Crippen LogP contribution in [0, 0.1) is 22.1 Å². The summed E-state index contributed by atoms with van der Waals surface area (Å²) >= 11 is 0. The third-order valence-electron chi connectivity index (χ3n) is 2.39. The predicted molar refractivity (Wildman–Crippen MR) is 59.7 cm³/mol. The number of hydrogen-bond donors (Lipinski definition) is 1. The van der Waals surface area contributed by atoms with Gasteiger partial charge in [0, 0.05) is 0 Å². The molecule has 0 aromatic heterocycles. The van der Waals surface area contributed by atoms with Crippen LogP contribution in [-0.4, -0.2) is 5.11 Å². The first-order valence-electron chi connectivity index (χ1n) is 4.81. The number of rotatable bonds is 3. The average molecular weight is 214 g/mol. The molecular formula is C12H12N3O+. The van der Waals surface area contributed by atoms with E-state index in [1.165, 1.54) is 0 Å². The van der Waals surface area contributed by atoms with Crippen molar-refractivity contribution >= 4 is 0 Å². The average Bonchev–Trinajstić information content (AvgIpc) is 2.30. The van der Waals surface area contributed by atoms with Crippen molar-refractivity contribution in [1.29, 1.82) is 10.7 Å². The molecule has 1 aromatic carbocycles. The fourth-order valence-electron chi connectivity index (χ4n) is 1.39. The van der Waals surface area contributed by atoms with Crippen LogP contribution in [0.2, 0.25) is 0 Å². The Hall–Kier alpha value is -2.33. The van der Waals surface area contributed by atoms with Crippen LogP contribution in [-0.2, 0) is 6.42 Å². The maximum absolute atomic E-state index is 9.61. The lowest BCUT2D eigenvalue weighted by molar-refractivity contribution is 0.290. The second-order valence-electron chi connectivity index (χ2n) is 3.74. The molecule has 0 spiro atoms. The van der Waals surface area contributed by atoms with E-state index in [9.17, 15) is 5.11 Å². The minimum atomic E-state index is -1.08. The van der Waals surface area contributed by atoms with Crippen LogP contribution in [0.1, 0.15) is 12.5 Å². The number of aliphatic hydroxyl groups is 1. The van der Waals surface area contributed by atoms with Gasteiger partial charge in [-0.1, -0.05) is 30.3 Å². The van der Waals surface area contributed by atoms with E-state index in [1.807, 2.05) is 36.4 Å². The second kappa shape index (κ2) is 4.95. The van der Waals surface area contributed by atoms with Gasteiger partial charge in [-0.05, 0) is 18.9 Å². The number of hydrogen-bond acceptors (Lipinski definition) is 3. The molecule has 0 saturated carbocycles. The Bertz CT molecular complexity index is 467. The molecule has 0 aliphatic carbocycles. The zero-order valence-corrected chi connectivity index (χ0v) is 8.96. The molecular weight excluding hydrogens is 202 g/mol. The van der Waals surface area contributed by atoms with Crippen molar-refractivity contribution in [2.24, 2.45) is 5.41 Å². The van der Waals surface area contributed by atoms with E-state index >= 15 is 0 Å². The first-order chi connectivity index (χ1) is 7.62. The molecule has 0 bridgehead atoms. The molecule has 0 heterocycles.